The summed E-state index contributed by atoms with van der Waals surface area (Å²) in [5.41, 5.74) is 3.26. The quantitative estimate of drug-likeness (QED) is 0.730. The van der Waals surface area contributed by atoms with Gasteiger partial charge in [-0.15, -0.1) is 0 Å². The summed E-state index contributed by atoms with van der Waals surface area (Å²) in [6, 6.07) is 9.00. The number of carbonyl (C=O) groups is 1. The van der Waals surface area contributed by atoms with E-state index < -0.39 is 0 Å². The summed E-state index contributed by atoms with van der Waals surface area (Å²) >= 11 is 0. The maximum Gasteiger partial charge on any atom is 0.228 e. The molecule has 2 atom stereocenters. The van der Waals surface area contributed by atoms with Gasteiger partial charge in [0.25, 0.3) is 0 Å². The number of rotatable bonds is 4. The molecule has 1 fully saturated rings. The lowest BCUT2D eigenvalue weighted by molar-refractivity contribution is -0.117. The Morgan fingerprint density at radius 1 is 1.27 bits per heavy atom. The van der Waals surface area contributed by atoms with Crippen LogP contribution in [0.25, 0.3) is 16.8 Å². The zero-order valence-corrected chi connectivity index (χ0v) is 15.2. The van der Waals surface area contributed by atoms with Gasteiger partial charge in [-0.2, -0.15) is 0 Å². The molecule has 2 aromatic heterocycles. The van der Waals surface area contributed by atoms with Crippen LogP contribution in [0.1, 0.15) is 38.7 Å². The van der Waals surface area contributed by atoms with Gasteiger partial charge in [0.2, 0.25) is 5.91 Å². The molecule has 5 heteroatoms. The number of aromatic nitrogens is 2. The minimum Gasteiger partial charge on any atom is -0.309 e. The number of benzene rings is 1. The zero-order valence-electron chi connectivity index (χ0n) is 15.2. The Balaban J connectivity index is 1.68. The Kier molecular flexibility index (Phi) is 4.02. The number of hydrogen-bond acceptors (Lipinski definition) is 2. The zero-order chi connectivity index (χ0) is 18.4. The highest BCUT2D eigenvalue weighted by molar-refractivity contribution is 5.93. The van der Waals surface area contributed by atoms with Crippen LogP contribution in [0.3, 0.4) is 0 Å². The molecule has 0 bridgehead atoms. The first-order valence-electron chi connectivity index (χ1n) is 9.02. The molecule has 1 amide bonds. The molecule has 26 heavy (non-hydrogen) atoms. The topological polar surface area (TPSA) is 46.4 Å². The van der Waals surface area contributed by atoms with E-state index in [1.54, 1.807) is 12.3 Å². The van der Waals surface area contributed by atoms with Gasteiger partial charge in [0.05, 0.1) is 6.20 Å². The Hall–Kier alpha value is -2.69. The smallest absolute Gasteiger partial charge is 0.228 e. The number of amides is 1. The molecule has 1 aliphatic carbocycles. The summed E-state index contributed by atoms with van der Waals surface area (Å²) in [6.07, 6.45) is 4.68. The van der Waals surface area contributed by atoms with E-state index in [4.69, 9.17) is 0 Å². The first-order valence-corrected chi connectivity index (χ1v) is 9.02. The van der Waals surface area contributed by atoms with Crippen molar-refractivity contribution in [3.05, 3.63) is 54.1 Å². The highest BCUT2D eigenvalue weighted by Crippen LogP contribution is 2.38. The summed E-state index contributed by atoms with van der Waals surface area (Å²) in [6.45, 7) is 6.06. The fraction of sp³-hybridized carbons (Fsp3) is 0.333. The average molecular weight is 351 g/mol. The first-order chi connectivity index (χ1) is 12.4. The minimum absolute atomic E-state index is 0.0355. The molecule has 0 radical (unpaired) electrons. The van der Waals surface area contributed by atoms with Gasteiger partial charge in [0.1, 0.15) is 11.5 Å². The monoisotopic (exact) mass is 351 g/mol. The van der Waals surface area contributed by atoms with E-state index in [1.165, 1.54) is 6.07 Å². The van der Waals surface area contributed by atoms with Crippen molar-refractivity contribution in [3.8, 4) is 11.1 Å². The third-order valence-electron chi connectivity index (χ3n) is 5.09. The SMILES string of the molecule is CC(C)c1c(F)cccc1-c1ccc2nc(NC(=O)[C@@H]3C[C@@H]3C)cn2c1. The van der Waals surface area contributed by atoms with Crippen LogP contribution in [0.5, 0.6) is 0 Å². The van der Waals surface area contributed by atoms with Crippen molar-refractivity contribution in [2.24, 2.45) is 11.8 Å². The van der Waals surface area contributed by atoms with Crippen LogP contribution in [-0.4, -0.2) is 15.3 Å². The summed E-state index contributed by atoms with van der Waals surface area (Å²) in [5.74, 6) is 1.05. The molecular weight excluding hydrogens is 329 g/mol. The fourth-order valence-electron chi connectivity index (χ4n) is 3.49. The predicted octanol–water partition coefficient (Wildman–Crippen LogP) is 4.86. The normalized spacial score (nSPS) is 19.1. The van der Waals surface area contributed by atoms with E-state index in [0.717, 1.165) is 23.2 Å². The van der Waals surface area contributed by atoms with Crippen molar-refractivity contribution >= 4 is 17.4 Å². The summed E-state index contributed by atoms with van der Waals surface area (Å²) < 4.78 is 16.2. The lowest BCUT2D eigenvalue weighted by atomic mass is 9.93. The standard InChI is InChI=1S/C21H22FN3O/c1-12(2)20-15(5-4-6-17(20)22)14-7-8-19-23-18(11-25(19)10-14)24-21(26)16-9-13(16)3/h4-8,10-13,16H,9H2,1-3H3,(H,24,26)/t13-,16+/m0/s1. The van der Waals surface area contributed by atoms with Gasteiger partial charge in [-0.3, -0.25) is 4.79 Å². The van der Waals surface area contributed by atoms with Gasteiger partial charge in [-0.1, -0.05) is 32.9 Å². The third kappa shape index (κ3) is 2.98. The van der Waals surface area contributed by atoms with Crippen LogP contribution in [0.15, 0.2) is 42.7 Å². The lowest BCUT2D eigenvalue weighted by Crippen LogP contribution is -2.14. The van der Waals surface area contributed by atoms with Gasteiger partial charge in [-0.05, 0) is 53.1 Å². The number of nitrogens with one attached hydrogen (secondary N) is 1. The van der Waals surface area contributed by atoms with Crippen LogP contribution < -0.4 is 5.32 Å². The first kappa shape index (κ1) is 16.8. The summed E-state index contributed by atoms with van der Waals surface area (Å²) in [4.78, 5) is 16.6. The molecule has 134 valence electrons. The second-order valence-electron chi connectivity index (χ2n) is 7.47. The van der Waals surface area contributed by atoms with Crippen molar-refractivity contribution in [2.75, 3.05) is 5.32 Å². The molecule has 4 nitrogen and oxygen atoms in total. The van der Waals surface area contributed by atoms with Crippen molar-refractivity contribution in [2.45, 2.75) is 33.1 Å². The molecule has 1 saturated carbocycles. The minimum atomic E-state index is -0.185. The molecular formula is C21H22FN3O. The molecule has 0 unspecified atom stereocenters. The molecule has 1 aliphatic rings. The van der Waals surface area contributed by atoms with Gasteiger partial charge < -0.3 is 9.72 Å². The number of imidazole rings is 1. The number of nitrogens with zero attached hydrogens (tertiary/aromatic N) is 2. The molecule has 3 aromatic rings. The lowest BCUT2D eigenvalue weighted by Gasteiger charge is -2.14. The van der Waals surface area contributed by atoms with Crippen LogP contribution in [0, 0.1) is 17.7 Å². The number of anilines is 1. The molecule has 4 rings (SSSR count). The van der Waals surface area contributed by atoms with Gasteiger partial charge >= 0.3 is 0 Å². The predicted molar refractivity (Wildman–Crippen MR) is 101 cm³/mol. The Labute approximate surface area is 152 Å². The van der Waals surface area contributed by atoms with Crippen LogP contribution in [0.2, 0.25) is 0 Å². The van der Waals surface area contributed by atoms with Crippen molar-refractivity contribution in [1.29, 1.82) is 0 Å². The number of pyridine rings is 1. The van der Waals surface area contributed by atoms with Crippen molar-refractivity contribution in [1.82, 2.24) is 9.38 Å². The van der Waals surface area contributed by atoms with E-state index in [2.05, 4.69) is 17.2 Å². The molecule has 0 aliphatic heterocycles. The van der Waals surface area contributed by atoms with E-state index in [1.807, 2.05) is 42.6 Å². The second kappa shape index (κ2) is 6.24. The molecule has 1 aromatic carbocycles. The highest BCUT2D eigenvalue weighted by atomic mass is 19.1. The maximum absolute atomic E-state index is 14.3. The van der Waals surface area contributed by atoms with E-state index in [-0.39, 0.29) is 23.6 Å². The fourth-order valence-corrected chi connectivity index (χ4v) is 3.49. The number of fused-ring (bicyclic) bond motifs is 1. The van der Waals surface area contributed by atoms with Crippen molar-refractivity contribution < 1.29 is 9.18 Å². The molecule has 0 spiro atoms. The van der Waals surface area contributed by atoms with Crippen LogP contribution >= 0.6 is 0 Å². The van der Waals surface area contributed by atoms with Crippen molar-refractivity contribution in [3.63, 3.8) is 0 Å². The number of halogens is 1. The van der Waals surface area contributed by atoms with Gasteiger partial charge in [-0.25, -0.2) is 9.37 Å². The maximum atomic E-state index is 14.3. The van der Waals surface area contributed by atoms with E-state index in [0.29, 0.717) is 17.3 Å². The molecule has 1 N–H and O–H groups in total. The second-order valence-corrected chi connectivity index (χ2v) is 7.47. The Bertz CT molecular complexity index is 992. The Morgan fingerprint density at radius 2 is 2.04 bits per heavy atom. The third-order valence-corrected chi connectivity index (χ3v) is 5.09. The number of hydrogen-bond donors (Lipinski definition) is 1. The van der Waals surface area contributed by atoms with Crippen LogP contribution in [-0.2, 0) is 4.79 Å². The van der Waals surface area contributed by atoms with E-state index >= 15 is 0 Å². The summed E-state index contributed by atoms with van der Waals surface area (Å²) in [7, 11) is 0. The largest absolute Gasteiger partial charge is 0.309 e. The highest BCUT2D eigenvalue weighted by Gasteiger charge is 2.39. The molecule has 2 heterocycles. The van der Waals surface area contributed by atoms with Crippen LogP contribution in [0.4, 0.5) is 10.2 Å². The van der Waals surface area contributed by atoms with E-state index in [9.17, 15) is 9.18 Å². The average Bonchev–Trinajstić information content (AvgIpc) is 3.19. The van der Waals surface area contributed by atoms with Gasteiger partial charge in [0, 0.05) is 12.1 Å². The molecule has 0 saturated heterocycles. The summed E-state index contributed by atoms with van der Waals surface area (Å²) in [5, 5.41) is 2.89. The number of carbonyl (C=O) groups excluding carboxylic acids is 1. The Morgan fingerprint density at radius 3 is 2.73 bits per heavy atom. The van der Waals surface area contributed by atoms with Gasteiger partial charge in [0.15, 0.2) is 5.82 Å².